The molecule has 0 fully saturated rings. The summed E-state index contributed by atoms with van der Waals surface area (Å²) in [6.07, 6.45) is 24.4. The number of allylic oxidation sites excluding steroid dienone is 14. The summed E-state index contributed by atoms with van der Waals surface area (Å²) in [5, 5.41) is 0. The van der Waals surface area contributed by atoms with Crippen molar-refractivity contribution < 1.29 is 0 Å². The van der Waals surface area contributed by atoms with E-state index in [2.05, 4.69) is 31.3 Å². The van der Waals surface area contributed by atoms with E-state index in [9.17, 15) is 0 Å². The second-order valence-corrected chi connectivity index (χ2v) is 4.59. The fourth-order valence-corrected chi connectivity index (χ4v) is 1.85. The number of nitrogens with zero attached hydrogens (tertiary/aromatic N) is 1. The van der Waals surface area contributed by atoms with Gasteiger partial charge in [0.25, 0.3) is 0 Å². The van der Waals surface area contributed by atoms with Crippen molar-refractivity contribution in [1.29, 1.82) is 0 Å². The first-order valence-corrected chi connectivity index (χ1v) is 7.79. The molecule has 0 aliphatic heterocycles. The van der Waals surface area contributed by atoms with Crippen LogP contribution in [0.5, 0.6) is 0 Å². The minimum absolute atomic E-state index is 0.775. The van der Waals surface area contributed by atoms with Gasteiger partial charge in [0, 0.05) is 11.8 Å². The highest BCUT2D eigenvalue weighted by Gasteiger charge is 2.03. The van der Waals surface area contributed by atoms with Crippen LogP contribution in [0, 0.1) is 0 Å². The first kappa shape index (κ1) is 21.1. The second kappa shape index (κ2) is 13.7. The maximum absolute atomic E-state index is 4.40. The molecular formula is C23H27N. The predicted octanol–water partition coefficient (Wildman–Crippen LogP) is 6.62. The van der Waals surface area contributed by atoms with E-state index in [0.717, 1.165) is 22.4 Å². The van der Waals surface area contributed by atoms with Gasteiger partial charge in [-0.25, -0.2) is 0 Å². The number of hydrogen-bond donors (Lipinski definition) is 0. The summed E-state index contributed by atoms with van der Waals surface area (Å²) in [7, 11) is 0. The van der Waals surface area contributed by atoms with Gasteiger partial charge in [-0.3, -0.25) is 4.99 Å². The van der Waals surface area contributed by atoms with Crippen molar-refractivity contribution in [3.05, 3.63) is 122 Å². The van der Waals surface area contributed by atoms with Gasteiger partial charge in [0.2, 0.25) is 0 Å². The van der Waals surface area contributed by atoms with Crippen molar-refractivity contribution in [2.75, 3.05) is 0 Å². The van der Waals surface area contributed by atoms with Gasteiger partial charge in [-0.1, -0.05) is 87.1 Å². The minimum Gasteiger partial charge on any atom is -0.256 e. The third-order valence-corrected chi connectivity index (χ3v) is 2.94. The number of hydrogen-bond acceptors (Lipinski definition) is 1. The SMILES string of the molecule is C=CC=NC(=C\C=C)/C(=C/C=C)/C=C(C=C)/C(/C=C/C=C\C)=C/C. The average Bonchev–Trinajstić information content (AvgIpc) is 2.60. The van der Waals surface area contributed by atoms with Gasteiger partial charge in [0.05, 0.1) is 5.70 Å². The van der Waals surface area contributed by atoms with E-state index in [0.29, 0.717) is 0 Å². The average molecular weight is 317 g/mol. The van der Waals surface area contributed by atoms with Crippen molar-refractivity contribution in [3.8, 4) is 0 Å². The molecule has 0 rings (SSSR count). The Labute approximate surface area is 147 Å². The van der Waals surface area contributed by atoms with E-state index >= 15 is 0 Å². The lowest BCUT2D eigenvalue weighted by molar-refractivity contribution is 1.34. The summed E-state index contributed by atoms with van der Waals surface area (Å²) in [5.41, 5.74) is 3.76. The first-order valence-electron chi connectivity index (χ1n) is 7.79. The molecule has 0 aliphatic rings. The Bertz CT molecular complexity index is 656. The van der Waals surface area contributed by atoms with Crippen LogP contribution in [-0.4, -0.2) is 6.21 Å². The van der Waals surface area contributed by atoms with Crippen molar-refractivity contribution in [1.82, 2.24) is 0 Å². The molecule has 124 valence electrons. The van der Waals surface area contributed by atoms with Crippen LogP contribution in [-0.2, 0) is 0 Å². The summed E-state index contributed by atoms with van der Waals surface area (Å²) >= 11 is 0. The molecule has 0 radical (unpaired) electrons. The van der Waals surface area contributed by atoms with Gasteiger partial charge in [-0.2, -0.15) is 0 Å². The summed E-state index contributed by atoms with van der Waals surface area (Å²) in [6, 6.07) is 0. The molecule has 0 heterocycles. The number of aliphatic imine (C=N–C) groups is 1. The summed E-state index contributed by atoms with van der Waals surface area (Å²) < 4.78 is 0. The highest BCUT2D eigenvalue weighted by atomic mass is 14.7. The molecule has 0 aromatic heterocycles. The lowest BCUT2D eigenvalue weighted by atomic mass is 10.00. The maximum atomic E-state index is 4.40. The lowest BCUT2D eigenvalue weighted by Crippen LogP contribution is -1.89. The first-order chi connectivity index (χ1) is 11.7. The van der Waals surface area contributed by atoms with Crippen molar-refractivity contribution in [2.45, 2.75) is 13.8 Å². The minimum atomic E-state index is 0.775. The highest BCUT2D eigenvalue weighted by molar-refractivity contribution is 5.72. The Kier molecular flexibility index (Phi) is 12.0. The molecule has 0 saturated heterocycles. The summed E-state index contributed by atoms with van der Waals surface area (Å²) in [6.45, 7) is 19.1. The van der Waals surface area contributed by atoms with Crippen molar-refractivity contribution in [2.24, 2.45) is 4.99 Å². The molecule has 0 amide bonds. The molecule has 0 bridgehead atoms. The van der Waals surface area contributed by atoms with E-state index in [-0.39, 0.29) is 0 Å². The summed E-state index contributed by atoms with van der Waals surface area (Å²) in [5.74, 6) is 0. The van der Waals surface area contributed by atoms with E-state index in [1.165, 1.54) is 0 Å². The second-order valence-electron chi connectivity index (χ2n) is 4.59. The smallest absolute Gasteiger partial charge is 0.0701 e. The molecule has 0 atom stereocenters. The molecule has 0 spiro atoms. The zero-order chi connectivity index (χ0) is 18.2. The van der Waals surface area contributed by atoms with Crippen LogP contribution in [0.2, 0.25) is 0 Å². The Morgan fingerprint density at radius 1 is 0.792 bits per heavy atom. The maximum Gasteiger partial charge on any atom is 0.0701 e. The van der Waals surface area contributed by atoms with Crippen LogP contribution in [0.4, 0.5) is 0 Å². The van der Waals surface area contributed by atoms with Gasteiger partial charge in [-0.05, 0) is 37.1 Å². The normalized spacial score (nSPS) is 14.6. The standard InChI is InChI=1S/C23H27N/c1-7-13-14-17-20(11-5)21(12-6)19-22(15-8-2)23(16-9-3)24-18-10-4/h7-19H,2-4,6H2,1,5H3/b13-7-,17-14+,20-11+,21-19+,22-15+,23-16-,24-18?. The van der Waals surface area contributed by atoms with Gasteiger partial charge in [0.15, 0.2) is 0 Å². The lowest BCUT2D eigenvalue weighted by Gasteiger charge is -2.07. The zero-order valence-electron chi connectivity index (χ0n) is 14.8. The Balaban J connectivity index is 6.04. The van der Waals surface area contributed by atoms with Crippen LogP contribution in [0.25, 0.3) is 0 Å². The molecule has 0 saturated carbocycles. The fraction of sp³-hybridized carbons (Fsp3) is 0.0870. The molecule has 24 heavy (non-hydrogen) atoms. The van der Waals surface area contributed by atoms with Crippen molar-refractivity contribution >= 4 is 6.21 Å². The van der Waals surface area contributed by atoms with Crippen LogP contribution >= 0.6 is 0 Å². The third-order valence-electron chi connectivity index (χ3n) is 2.94. The van der Waals surface area contributed by atoms with E-state index in [1.54, 1.807) is 24.4 Å². The largest absolute Gasteiger partial charge is 0.256 e. The molecule has 0 aromatic carbocycles. The Morgan fingerprint density at radius 2 is 1.50 bits per heavy atom. The van der Waals surface area contributed by atoms with Crippen LogP contribution in [0.15, 0.2) is 127 Å². The van der Waals surface area contributed by atoms with Crippen LogP contribution in [0.3, 0.4) is 0 Å². The van der Waals surface area contributed by atoms with Gasteiger partial charge >= 0.3 is 0 Å². The Morgan fingerprint density at radius 3 is 2.00 bits per heavy atom. The predicted molar refractivity (Wildman–Crippen MR) is 111 cm³/mol. The quantitative estimate of drug-likeness (QED) is 0.317. The van der Waals surface area contributed by atoms with Gasteiger partial charge < -0.3 is 0 Å². The van der Waals surface area contributed by atoms with Crippen molar-refractivity contribution in [3.63, 3.8) is 0 Å². The molecule has 0 unspecified atom stereocenters. The van der Waals surface area contributed by atoms with E-state index in [4.69, 9.17) is 0 Å². The fourth-order valence-electron chi connectivity index (χ4n) is 1.85. The monoisotopic (exact) mass is 317 g/mol. The zero-order valence-corrected chi connectivity index (χ0v) is 14.8. The van der Waals surface area contributed by atoms with E-state index < -0.39 is 0 Å². The molecule has 0 N–H and O–H groups in total. The molecule has 1 nitrogen and oxygen atoms in total. The van der Waals surface area contributed by atoms with Crippen LogP contribution < -0.4 is 0 Å². The van der Waals surface area contributed by atoms with Gasteiger partial charge in [-0.15, -0.1) is 0 Å². The number of rotatable bonds is 10. The molecule has 0 aliphatic carbocycles. The summed E-state index contributed by atoms with van der Waals surface area (Å²) in [4.78, 5) is 4.40. The van der Waals surface area contributed by atoms with E-state index in [1.807, 2.05) is 68.5 Å². The highest BCUT2D eigenvalue weighted by Crippen LogP contribution is 2.21. The van der Waals surface area contributed by atoms with Gasteiger partial charge in [0.1, 0.15) is 0 Å². The molecule has 1 heteroatoms. The molecular weight excluding hydrogens is 290 g/mol. The third kappa shape index (κ3) is 7.90. The topological polar surface area (TPSA) is 12.4 Å². The van der Waals surface area contributed by atoms with Crippen LogP contribution in [0.1, 0.15) is 13.8 Å². The molecule has 0 aromatic rings. The Hall–Kier alpha value is -2.93.